The number of nitrogens with one attached hydrogen (secondary N) is 1. The molecule has 156 valence electrons. The summed E-state index contributed by atoms with van der Waals surface area (Å²) in [4.78, 5) is 0. The van der Waals surface area contributed by atoms with Crippen LogP contribution in [0.1, 0.15) is 11.1 Å². The van der Waals surface area contributed by atoms with Crippen LogP contribution in [0.15, 0.2) is 38.8 Å². The molecule has 0 radical (unpaired) electrons. The maximum atomic E-state index is 13.9. The standard InChI is InChI=1S/C17H9Br2F7N2O/c1-2-3-29-16-7(4-8(18)5-9(16)19)6-27-28-15-13(22)11(20)10(17(24,25)26)12(21)14(15)23/h2,4-6,28H,1,3H2/b27-6-. The summed E-state index contributed by atoms with van der Waals surface area (Å²) in [5.41, 5.74) is -2.25. The van der Waals surface area contributed by atoms with Crippen LogP contribution in [0.4, 0.5) is 36.4 Å². The second-order valence-electron chi connectivity index (χ2n) is 5.28. The number of anilines is 1. The predicted molar refractivity (Wildman–Crippen MR) is 100 cm³/mol. The molecule has 12 heteroatoms. The lowest BCUT2D eigenvalue weighted by atomic mass is 10.1. The normalized spacial score (nSPS) is 11.8. The van der Waals surface area contributed by atoms with E-state index in [1.165, 1.54) is 12.1 Å². The van der Waals surface area contributed by atoms with Gasteiger partial charge in [-0.25, -0.2) is 17.6 Å². The van der Waals surface area contributed by atoms with Crippen LogP contribution in [0.5, 0.6) is 5.75 Å². The maximum Gasteiger partial charge on any atom is 0.422 e. The Hall–Kier alpha value is -2.08. The molecule has 0 spiro atoms. The highest BCUT2D eigenvalue weighted by Gasteiger charge is 2.42. The van der Waals surface area contributed by atoms with Gasteiger partial charge in [-0.3, -0.25) is 5.43 Å². The van der Waals surface area contributed by atoms with Crippen LogP contribution in [0.2, 0.25) is 0 Å². The van der Waals surface area contributed by atoms with Gasteiger partial charge in [-0.2, -0.15) is 18.3 Å². The van der Waals surface area contributed by atoms with Crippen molar-refractivity contribution in [1.29, 1.82) is 0 Å². The summed E-state index contributed by atoms with van der Waals surface area (Å²) in [7, 11) is 0. The molecule has 0 bridgehead atoms. The molecule has 1 N–H and O–H groups in total. The van der Waals surface area contributed by atoms with E-state index in [9.17, 15) is 30.7 Å². The molecule has 0 aliphatic rings. The predicted octanol–water partition coefficient (Wildman–Crippen LogP) is 6.80. The van der Waals surface area contributed by atoms with Gasteiger partial charge < -0.3 is 4.74 Å². The van der Waals surface area contributed by atoms with E-state index >= 15 is 0 Å². The third kappa shape index (κ3) is 5.10. The van der Waals surface area contributed by atoms with Crippen molar-refractivity contribution in [3.8, 4) is 5.75 Å². The summed E-state index contributed by atoms with van der Waals surface area (Å²) in [6, 6.07) is 3.12. The molecule has 2 aromatic rings. The number of halogens is 9. The molecule has 0 aliphatic heterocycles. The second kappa shape index (κ2) is 9.16. The minimum absolute atomic E-state index is 0.104. The summed E-state index contributed by atoms with van der Waals surface area (Å²) >= 11 is 6.44. The summed E-state index contributed by atoms with van der Waals surface area (Å²) < 4.78 is 99.2. The zero-order valence-electron chi connectivity index (χ0n) is 14.0. The zero-order valence-corrected chi connectivity index (χ0v) is 17.2. The number of nitrogens with zero attached hydrogens (tertiary/aromatic N) is 1. The molecule has 0 aromatic heterocycles. The van der Waals surface area contributed by atoms with Crippen LogP contribution in [-0.2, 0) is 6.18 Å². The first kappa shape index (κ1) is 23.2. The Labute approximate surface area is 176 Å². The Balaban J connectivity index is 2.43. The monoisotopic (exact) mass is 548 g/mol. The van der Waals surface area contributed by atoms with Crippen LogP contribution in [0.3, 0.4) is 0 Å². The minimum atomic E-state index is -5.63. The van der Waals surface area contributed by atoms with Crippen molar-refractivity contribution in [2.45, 2.75) is 6.18 Å². The highest BCUT2D eigenvalue weighted by molar-refractivity contribution is 9.11. The highest BCUT2D eigenvalue weighted by Crippen LogP contribution is 2.38. The van der Waals surface area contributed by atoms with Gasteiger partial charge in [0.2, 0.25) is 0 Å². The molecule has 0 unspecified atom stereocenters. The van der Waals surface area contributed by atoms with E-state index in [-0.39, 0.29) is 17.9 Å². The molecule has 0 fully saturated rings. The van der Waals surface area contributed by atoms with Gasteiger partial charge in [0.1, 0.15) is 23.6 Å². The van der Waals surface area contributed by atoms with E-state index in [1.807, 2.05) is 0 Å². The van der Waals surface area contributed by atoms with E-state index in [0.29, 0.717) is 8.95 Å². The smallest absolute Gasteiger partial charge is 0.422 e. The molecule has 0 aliphatic carbocycles. The van der Waals surface area contributed by atoms with Gasteiger partial charge in [0.15, 0.2) is 23.3 Å². The van der Waals surface area contributed by atoms with Crippen LogP contribution >= 0.6 is 31.9 Å². The fraction of sp³-hybridized carbons (Fsp3) is 0.118. The number of ether oxygens (including phenoxy) is 1. The molecule has 0 saturated heterocycles. The number of rotatable bonds is 6. The van der Waals surface area contributed by atoms with E-state index < -0.39 is 40.7 Å². The van der Waals surface area contributed by atoms with E-state index in [1.54, 1.807) is 11.5 Å². The van der Waals surface area contributed by atoms with Gasteiger partial charge in [0, 0.05) is 10.0 Å². The Morgan fingerprint density at radius 1 is 1.03 bits per heavy atom. The number of hydrazone groups is 1. The number of hydrogen-bond donors (Lipinski definition) is 1. The third-order valence-electron chi connectivity index (χ3n) is 3.31. The van der Waals surface area contributed by atoms with Gasteiger partial charge >= 0.3 is 6.18 Å². The van der Waals surface area contributed by atoms with Crippen LogP contribution in [-0.4, -0.2) is 12.8 Å². The Morgan fingerprint density at radius 2 is 1.62 bits per heavy atom. The lowest BCUT2D eigenvalue weighted by Gasteiger charge is -2.13. The largest absolute Gasteiger partial charge is 0.488 e. The van der Waals surface area contributed by atoms with Crippen molar-refractivity contribution >= 4 is 43.8 Å². The fourth-order valence-electron chi connectivity index (χ4n) is 2.12. The first-order chi connectivity index (χ1) is 13.5. The number of alkyl halides is 3. The summed E-state index contributed by atoms with van der Waals surface area (Å²) in [5, 5.41) is 3.44. The van der Waals surface area contributed by atoms with E-state index in [0.717, 1.165) is 6.21 Å². The summed E-state index contributed by atoms with van der Waals surface area (Å²) in [6.45, 7) is 3.59. The first-order valence-electron chi connectivity index (χ1n) is 7.44. The average Bonchev–Trinajstić information content (AvgIpc) is 2.61. The molecule has 0 heterocycles. The highest BCUT2D eigenvalue weighted by atomic mass is 79.9. The van der Waals surface area contributed by atoms with Crippen molar-refractivity contribution in [2.75, 3.05) is 12.0 Å². The van der Waals surface area contributed by atoms with Gasteiger partial charge in [-0.1, -0.05) is 28.6 Å². The molecule has 2 rings (SSSR count). The average molecular weight is 550 g/mol. The lowest BCUT2D eigenvalue weighted by Crippen LogP contribution is -2.16. The van der Waals surface area contributed by atoms with Gasteiger partial charge in [0.05, 0.1) is 10.7 Å². The molecular formula is C17H9Br2F7N2O. The minimum Gasteiger partial charge on any atom is -0.488 e. The summed E-state index contributed by atoms with van der Waals surface area (Å²) in [6.07, 6.45) is -3.19. The van der Waals surface area contributed by atoms with Crippen molar-refractivity contribution in [3.05, 3.63) is 68.1 Å². The number of hydrogen-bond acceptors (Lipinski definition) is 3. The molecular weight excluding hydrogens is 541 g/mol. The van der Waals surface area contributed by atoms with Crippen molar-refractivity contribution in [2.24, 2.45) is 5.10 Å². The Kier molecular flexibility index (Phi) is 7.33. The maximum absolute atomic E-state index is 13.9. The van der Waals surface area contributed by atoms with Crippen molar-refractivity contribution in [3.63, 3.8) is 0 Å². The Morgan fingerprint density at radius 3 is 2.14 bits per heavy atom. The van der Waals surface area contributed by atoms with Crippen LogP contribution in [0.25, 0.3) is 0 Å². The summed E-state index contributed by atoms with van der Waals surface area (Å²) in [5.74, 6) is -9.47. The van der Waals surface area contributed by atoms with Gasteiger partial charge in [0.25, 0.3) is 0 Å². The quantitative estimate of drug-likeness (QED) is 0.141. The van der Waals surface area contributed by atoms with Crippen molar-refractivity contribution < 1.29 is 35.5 Å². The molecule has 29 heavy (non-hydrogen) atoms. The fourth-order valence-corrected chi connectivity index (χ4v) is 3.49. The molecule has 0 saturated carbocycles. The van der Waals surface area contributed by atoms with Crippen LogP contribution < -0.4 is 10.2 Å². The van der Waals surface area contributed by atoms with Gasteiger partial charge in [-0.15, -0.1) is 0 Å². The first-order valence-corrected chi connectivity index (χ1v) is 9.02. The number of benzene rings is 2. The Bertz CT molecular complexity index is 948. The van der Waals surface area contributed by atoms with Crippen molar-refractivity contribution in [1.82, 2.24) is 0 Å². The van der Waals surface area contributed by atoms with Gasteiger partial charge in [-0.05, 0) is 28.1 Å². The molecule has 0 amide bonds. The van der Waals surface area contributed by atoms with Crippen LogP contribution in [0, 0.1) is 23.3 Å². The SMILES string of the molecule is C=CCOc1c(Br)cc(Br)cc1/C=N\Nc1c(F)c(F)c(C(F)(F)F)c(F)c1F. The van der Waals surface area contributed by atoms with E-state index in [4.69, 9.17) is 4.74 Å². The third-order valence-corrected chi connectivity index (χ3v) is 4.36. The molecule has 0 atom stereocenters. The lowest BCUT2D eigenvalue weighted by molar-refractivity contribution is -0.143. The zero-order chi connectivity index (χ0) is 21.9. The second-order valence-corrected chi connectivity index (χ2v) is 7.05. The molecule has 2 aromatic carbocycles. The topological polar surface area (TPSA) is 33.6 Å². The van der Waals surface area contributed by atoms with E-state index in [2.05, 4.69) is 43.5 Å². The molecule has 3 nitrogen and oxygen atoms in total.